The van der Waals surface area contributed by atoms with Crippen molar-refractivity contribution in [3.8, 4) is 0 Å². The van der Waals surface area contributed by atoms with Crippen molar-refractivity contribution in [2.24, 2.45) is 7.05 Å². The minimum Gasteiger partial charge on any atom is -0.352 e. The van der Waals surface area contributed by atoms with Crippen LogP contribution in [0.1, 0.15) is 18.5 Å². The summed E-state index contributed by atoms with van der Waals surface area (Å²) in [6.07, 6.45) is 3.47. The largest absolute Gasteiger partial charge is 0.352 e. The van der Waals surface area contributed by atoms with Crippen molar-refractivity contribution in [2.45, 2.75) is 24.3 Å². The van der Waals surface area contributed by atoms with Gasteiger partial charge in [-0.3, -0.25) is 0 Å². The molecule has 0 aliphatic rings. The standard InChI is InChI=1S/C13H26N4O2S/c1-14-10-12-9-13(11-17(12)4)20(18,19)15-7-5-6-8-16(2)3/h9,11,14-15H,5-8,10H2,1-4H3. The average molecular weight is 302 g/mol. The van der Waals surface area contributed by atoms with Crippen molar-refractivity contribution < 1.29 is 8.42 Å². The first kappa shape index (κ1) is 17.2. The van der Waals surface area contributed by atoms with Gasteiger partial charge in [0.15, 0.2) is 0 Å². The van der Waals surface area contributed by atoms with Gasteiger partial charge in [0.25, 0.3) is 0 Å². The molecule has 1 rings (SSSR count). The molecule has 0 aliphatic carbocycles. The Labute approximate surface area is 122 Å². The van der Waals surface area contributed by atoms with Gasteiger partial charge in [0, 0.05) is 32.0 Å². The molecule has 1 heterocycles. The minimum absolute atomic E-state index is 0.331. The van der Waals surface area contributed by atoms with Gasteiger partial charge < -0.3 is 14.8 Å². The summed E-state index contributed by atoms with van der Waals surface area (Å²) in [4.78, 5) is 2.42. The zero-order chi connectivity index (χ0) is 15.2. The topological polar surface area (TPSA) is 66.4 Å². The lowest BCUT2D eigenvalue weighted by atomic mass is 10.3. The fraction of sp³-hybridized carbons (Fsp3) is 0.692. The Morgan fingerprint density at radius 1 is 1.30 bits per heavy atom. The van der Waals surface area contributed by atoms with Crippen molar-refractivity contribution >= 4 is 10.0 Å². The molecule has 0 spiro atoms. The molecule has 0 atom stereocenters. The molecular formula is C13H26N4O2S. The molecule has 2 N–H and O–H groups in total. The van der Waals surface area contributed by atoms with Crippen LogP contribution in [0.15, 0.2) is 17.2 Å². The summed E-state index contributed by atoms with van der Waals surface area (Å²) >= 11 is 0. The molecule has 1 aromatic heterocycles. The number of aryl methyl sites for hydroxylation is 1. The van der Waals surface area contributed by atoms with Gasteiger partial charge >= 0.3 is 0 Å². The van der Waals surface area contributed by atoms with Crippen LogP contribution < -0.4 is 10.0 Å². The summed E-state index contributed by atoms with van der Waals surface area (Å²) in [5.41, 5.74) is 0.945. The summed E-state index contributed by atoms with van der Waals surface area (Å²) in [5.74, 6) is 0. The second-order valence-corrected chi connectivity index (χ2v) is 6.98. The first-order valence-corrected chi connectivity index (χ1v) is 8.29. The first-order valence-electron chi connectivity index (χ1n) is 6.81. The maximum atomic E-state index is 12.1. The second-order valence-electron chi connectivity index (χ2n) is 5.22. The summed E-state index contributed by atoms with van der Waals surface area (Å²) in [6.45, 7) is 2.10. The molecule has 0 fully saturated rings. The van der Waals surface area contributed by atoms with E-state index in [0.29, 0.717) is 18.0 Å². The molecule has 0 saturated carbocycles. The van der Waals surface area contributed by atoms with E-state index in [1.807, 2.05) is 32.8 Å². The normalized spacial score (nSPS) is 12.2. The summed E-state index contributed by atoms with van der Waals surface area (Å²) in [6, 6.07) is 1.71. The molecule has 1 aromatic rings. The Bertz CT molecular complexity index is 508. The quantitative estimate of drug-likeness (QED) is 0.647. The lowest BCUT2D eigenvalue weighted by Crippen LogP contribution is -2.25. The van der Waals surface area contributed by atoms with Crippen LogP contribution in [-0.4, -0.2) is 52.1 Å². The molecule has 0 unspecified atom stereocenters. The molecule has 0 amide bonds. The predicted molar refractivity (Wildman–Crippen MR) is 81.2 cm³/mol. The number of aromatic nitrogens is 1. The summed E-state index contributed by atoms with van der Waals surface area (Å²) in [7, 11) is 4.32. The number of hydrogen-bond donors (Lipinski definition) is 2. The molecule has 0 aliphatic heterocycles. The Balaban J connectivity index is 2.54. The molecule has 7 heteroatoms. The van der Waals surface area contributed by atoms with Crippen LogP contribution in [0.3, 0.4) is 0 Å². The zero-order valence-electron chi connectivity index (χ0n) is 12.8. The van der Waals surface area contributed by atoms with Crippen molar-refractivity contribution in [3.63, 3.8) is 0 Å². The number of nitrogens with one attached hydrogen (secondary N) is 2. The SMILES string of the molecule is CNCc1cc(S(=O)(=O)NCCCCN(C)C)cn1C. The van der Waals surface area contributed by atoms with E-state index in [4.69, 9.17) is 0 Å². The van der Waals surface area contributed by atoms with Crippen LogP contribution in [0, 0.1) is 0 Å². The number of rotatable bonds is 9. The molecule has 0 saturated heterocycles. The molecule has 116 valence electrons. The number of sulfonamides is 1. The Morgan fingerprint density at radius 2 is 2.00 bits per heavy atom. The maximum Gasteiger partial charge on any atom is 0.242 e. The third-order valence-corrected chi connectivity index (χ3v) is 4.50. The van der Waals surface area contributed by atoms with Gasteiger partial charge in [0.05, 0.1) is 4.90 Å². The van der Waals surface area contributed by atoms with Crippen LogP contribution in [0.25, 0.3) is 0 Å². The lowest BCUT2D eigenvalue weighted by molar-refractivity contribution is 0.394. The van der Waals surface area contributed by atoms with Crippen molar-refractivity contribution in [2.75, 3.05) is 34.2 Å². The van der Waals surface area contributed by atoms with E-state index in [9.17, 15) is 8.42 Å². The van der Waals surface area contributed by atoms with Gasteiger partial charge in [-0.2, -0.15) is 0 Å². The molecule has 20 heavy (non-hydrogen) atoms. The van der Waals surface area contributed by atoms with Crippen LogP contribution in [0.2, 0.25) is 0 Å². The lowest BCUT2D eigenvalue weighted by Gasteiger charge is -2.09. The third-order valence-electron chi connectivity index (χ3n) is 3.08. The van der Waals surface area contributed by atoms with E-state index >= 15 is 0 Å². The van der Waals surface area contributed by atoms with Gasteiger partial charge in [0.1, 0.15) is 0 Å². The minimum atomic E-state index is -3.39. The highest BCUT2D eigenvalue weighted by Gasteiger charge is 2.16. The summed E-state index contributed by atoms with van der Waals surface area (Å²) < 4.78 is 28.8. The summed E-state index contributed by atoms with van der Waals surface area (Å²) in [5, 5.41) is 3.02. The fourth-order valence-corrected chi connectivity index (χ4v) is 3.09. The molecule has 0 radical (unpaired) electrons. The van der Waals surface area contributed by atoms with Gasteiger partial charge in [-0.05, 0) is 46.6 Å². The van der Waals surface area contributed by atoms with Crippen LogP contribution in [0.4, 0.5) is 0 Å². The fourth-order valence-electron chi connectivity index (χ4n) is 1.92. The highest BCUT2D eigenvalue weighted by molar-refractivity contribution is 7.89. The van der Waals surface area contributed by atoms with Crippen LogP contribution in [0.5, 0.6) is 0 Å². The maximum absolute atomic E-state index is 12.1. The average Bonchev–Trinajstić information content (AvgIpc) is 2.71. The number of unbranched alkanes of at least 4 members (excludes halogenated alkanes) is 1. The third kappa shape index (κ3) is 5.24. The van der Waals surface area contributed by atoms with Crippen LogP contribution in [-0.2, 0) is 23.6 Å². The van der Waals surface area contributed by atoms with E-state index in [0.717, 1.165) is 25.1 Å². The highest BCUT2D eigenvalue weighted by atomic mass is 32.2. The van der Waals surface area contributed by atoms with Gasteiger partial charge in [-0.25, -0.2) is 13.1 Å². The number of nitrogens with zero attached hydrogens (tertiary/aromatic N) is 2. The van der Waals surface area contributed by atoms with Crippen molar-refractivity contribution in [1.82, 2.24) is 19.5 Å². The zero-order valence-corrected chi connectivity index (χ0v) is 13.6. The van der Waals surface area contributed by atoms with Gasteiger partial charge in [-0.1, -0.05) is 0 Å². The van der Waals surface area contributed by atoms with Gasteiger partial charge in [-0.15, -0.1) is 0 Å². The second kappa shape index (κ2) is 7.78. The predicted octanol–water partition coefficient (Wildman–Crippen LogP) is 0.365. The van der Waals surface area contributed by atoms with E-state index < -0.39 is 10.0 Å². The first-order chi connectivity index (χ1) is 9.36. The Hall–Kier alpha value is -0.890. The van der Waals surface area contributed by atoms with Crippen molar-refractivity contribution in [3.05, 3.63) is 18.0 Å². The number of hydrogen-bond acceptors (Lipinski definition) is 4. The highest BCUT2D eigenvalue weighted by Crippen LogP contribution is 2.13. The molecule has 0 aromatic carbocycles. The van der Waals surface area contributed by atoms with Crippen molar-refractivity contribution in [1.29, 1.82) is 0 Å². The van der Waals surface area contributed by atoms with Crippen LogP contribution >= 0.6 is 0 Å². The molecule has 6 nitrogen and oxygen atoms in total. The monoisotopic (exact) mass is 302 g/mol. The Morgan fingerprint density at radius 3 is 2.60 bits per heavy atom. The van der Waals surface area contributed by atoms with Gasteiger partial charge in [0.2, 0.25) is 10.0 Å². The van der Waals surface area contributed by atoms with E-state index in [1.54, 1.807) is 12.3 Å². The molecular weight excluding hydrogens is 276 g/mol. The van der Waals surface area contributed by atoms with E-state index in [1.165, 1.54) is 0 Å². The smallest absolute Gasteiger partial charge is 0.242 e. The molecule has 0 bridgehead atoms. The van der Waals surface area contributed by atoms with E-state index in [-0.39, 0.29) is 0 Å². The Kier molecular flexibility index (Phi) is 6.67. The van der Waals surface area contributed by atoms with E-state index in [2.05, 4.69) is 14.9 Å².